The van der Waals surface area contributed by atoms with Gasteiger partial charge in [-0.2, -0.15) is 10.4 Å². The topological polar surface area (TPSA) is 82.7 Å². The van der Waals surface area contributed by atoms with Crippen LogP contribution in [-0.2, 0) is 6.54 Å². The molecule has 0 saturated carbocycles. The van der Waals surface area contributed by atoms with Crippen molar-refractivity contribution in [2.45, 2.75) is 25.8 Å². The molecular formula is C15H19N7. The first kappa shape index (κ1) is 14.5. The highest BCUT2D eigenvalue weighted by molar-refractivity contribution is 5.58. The molecule has 3 rings (SSSR count). The summed E-state index contributed by atoms with van der Waals surface area (Å²) in [4.78, 5) is 10.6. The van der Waals surface area contributed by atoms with E-state index in [0.717, 1.165) is 18.8 Å². The lowest BCUT2D eigenvalue weighted by Crippen LogP contribution is -2.32. The van der Waals surface area contributed by atoms with Gasteiger partial charge < -0.3 is 10.2 Å². The molecule has 1 aliphatic heterocycles. The van der Waals surface area contributed by atoms with Crippen LogP contribution in [0, 0.1) is 11.3 Å². The van der Waals surface area contributed by atoms with Gasteiger partial charge in [-0.3, -0.25) is 4.68 Å². The molecule has 0 amide bonds. The van der Waals surface area contributed by atoms with Crippen LogP contribution >= 0.6 is 0 Å². The first-order chi connectivity index (χ1) is 10.8. The average Bonchev–Trinajstić information content (AvgIpc) is 3.02. The van der Waals surface area contributed by atoms with Gasteiger partial charge in [0.05, 0.1) is 18.4 Å². The van der Waals surface area contributed by atoms with Gasteiger partial charge in [0.15, 0.2) is 11.5 Å². The fourth-order valence-corrected chi connectivity index (χ4v) is 2.63. The molecule has 7 nitrogen and oxygen atoms in total. The van der Waals surface area contributed by atoms with Crippen molar-refractivity contribution in [2.24, 2.45) is 0 Å². The number of nitriles is 1. The van der Waals surface area contributed by atoms with Crippen molar-refractivity contribution in [2.75, 3.05) is 25.0 Å². The molecule has 0 atom stereocenters. The number of anilines is 2. The average molecular weight is 297 g/mol. The van der Waals surface area contributed by atoms with Gasteiger partial charge in [-0.1, -0.05) is 6.42 Å². The van der Waals surface area contributed by atoms with Gasteiger partial charge in [-0.15, -0.1) is 0 Å². The summed E-state index contributed by atoms with van der Waals surface area (Å²) >= 11 is 0. The third-order valence-corrected chi connectivity index (χ3v) is 3.79. The van der Waals surface area contributed by atoms with Gasteiger partial charge in [-0.05, 0) is 25.9 Å². The zero-order valence-electron chi connectivity index (χ0n) is 12.4. The predicted molar refractivity (Wildman–Crippen MR) is 82.5 cm³/mol. The molecule has 22 heavy (non-hydrogen) atoms. The minimum absolute atomic E-state index is 0.281. The van der Waals surface area contributed by atoms with Crippen LogP contribution in [0.4, 0.5) is 11.5 Å². The zero-order chi connectivity index (χ0) is 15.2. The molecule has 1 N–H and O–H groups in total. The van der Waals surface area contributed by atoms with Crippen molar-refractivity contribution >= 4 is 11.5 Å². The Hall–Kier alpha value is -2.46. The van der Waals surface area contributed by atoms with E-state index in [9.17, 15) is 0 Å². The van der Waals surface area contributed by atoms with Gasteiger partial charge in [0.2, 0.25) is 0 Å². The highest BCUT2D eigenvalue weighted by Crippen LogP contribution is 2.15. The SMILES string of the molecule is N#Cc1nccnc1Nc1cnn(CCN2CCCCC2)c1. The quantitative estimate of drug-likeness (QED) is 0.905. The molecule has 114 valence electrons. The molecule has 1 aliphatic rings. The van der Waals surface area contributed by atoms with Gasteiger partial charge in [-0.25, -0.2) is 9.97 Å². The molecule has 0 aliphatic carbocycles. The molecule has 0 aromatic carbocycles. The first-order valence-electron chi connectivity index (χ1n) is 7.58. The fraction of sp³-hybridized carbons (Fsp3) is 0.467. The maximum Gasteiger partial charge on any atom is 0.183 e. The van der Waals surface area contributed by atoms with Gasteiger partial charge in [0.25, 0.3) is 0 Å². The minimum atomic E-state index is 0.281. The van der Waals surface area contributed by atoms with Crippen molar-refractivity contribution in [3.8, 4) is 6.07 Å². The molecule has 0 spiro atoms. The lowest BCUT2D eigenvalue weighted by molar-refractivity contribution is 0.218. The fourth-order valence-electron chi connectivity index (χ4n) is 2.63. The standard InChI is InChI=1S/C15H19N7/c16-10-14-15(18-5-4-17-14)20-13-11-19-22(12-13)9-8-21-6-2-1-3-7-21/h4-5,11-12H,1-3,6-9H2,(H,18,20). The van der Waals surface area contributed by atoms with Crippen LogP contribution in [0.15, 0.2) is 24.8 Å². The lowest BCUT2D eigenvalue weighted by atomic mass is 10.1. The van der Waals surface area contributed by atoms with Gasteiger partial charge in [0.1, 0.15) is 6.07 Å². The van der Waals surface area contributed by atoms with E-state index >= 15 is 0 Å². The Morgan fingerprint density at radius 1 is 1.14 bits per heavy atom. The van der Waals surface area contributed by atoms with E-state index < -0.39 is 0 Å². The summed E-state index contributed by atoms with van der Waals surface area (Å²) in [5.41, 5.74) is 1.10. The molecule has 0 unspecified atom stereocenters. The van der Waals surface area contributed by atoms with Crippen LogP contribution in [0.2, 0.25) is 0 Å². The number of nitrogens with one attached hydrogen (secondary N) is 1. The normalized spacial score (nSPS) is 15.4. The Labute approximate surface area is 129 Å². The van der Waals surface area contributed by atoms with E-state index in [1.54, 1.807) is 12.4 Å². The van der Waals surface area contributed by atoms with Crippen LogP contribution in [-0.4, -0.2) is 44.3 Å². The summed E-state index contributed by atoms with van der Waals surface area (Å²) < 4.78 is 1.92. The molecule has 1 saturated heterocycles. The number of hydrogen-bond acceptors (Lipinski definition) is 6. The number of piperidine rings is 1. The summed E-state index contributed by atoms with van der Waals surface area (Å²) in [6.45, 7) is 4.28. The Morgan fingerprint density at radius 2 is 1.95 bits per heavy atom. The number of nitrogens with zero attached hydrogens (tertiary/aromatic N) is 6. The van der Waals surface area contributed by atoms with E-state index in [4.69, 9.17) is 5.26 Å². The summed E-state index contributed by atoms with van der Waals surface area (Å²) in [5.74, 6) is 0.459. The van der Waals surface area contributed by atoms with E-state index in [2.05, 4.69) is 25.3 Å². The second-order valence-corrected chi connectivity index (χ2v) is 5.38. The smallest absolute Gasteiger partial charge is 0.183 e. The third kappa shape index (κ3) is 3.59. The Morgan fingerprint density at radius 3 is 2.77 bits per heavy atom. The van der Waals surface area contributed by atoms with Crippen molar-refractivity contribution in [1.82, 2.24) is 24.6 Å². The third-order valence-electron chi connectivity index (χ3n) is 3.79. The second-order valence-electron chi connectivity index (χ2n) is 5.38. The highest BCUT2D eigenvalue weighted by atomic mass is 15.3. The van der Waals surface area contributed by atoms with Crippen molar-refractivity contribution in [3.05, 3.63) is 30.5 Å². The summed E-state index contributed by atoms with van der Waals surface area (Å²) in [6, 6.07) is 2.02. The number of rotatable bonds is 5. The van der Waals surface area contributed by atoms with Crippen LogP contribution in [0.5, 0.6) is 0 Å². The molecule has 0 radical (unpaired) electrons. The Kier molecular flexibility index (Phi) is 4.61. The Bertz CT molecular complexity index is 652. The zero-order valence-corrected chi connectivity index (χ0v) is 12.4. The van der Waals surface area contributed by atoms with E-state index in [-0.39, 0.29) is 5.69 Å². The van der Waals surface area contributed by atoms with E-state index in [1.807, 2.05) is 16.9 Å². The molecule has 3 heterocycles. The van der Waals surface area contributed by atoms with Gasteiger partial charge in [0, 0.05) is 25.1 Å². The van der Waals surface area contributed by atoms with Crippen LogP contribution < -0.4 is 5.32 Å². The molecule has 0 bridgehead atoms. The summed E-state index contributed by atoms with van der Waals surface area (Å²) in [5, 5.41) is 16.4. The largest absolute Gasteiger partial charge is 0.335 e. The van der Waals surface area contributed by atoms with Crippen LogP contribution in [0.1, 0.15) is 25.0 Å². The van der Waals surface area contributed by atoms with Gasteiger partial charge >= 0.3 is 0 Å². The second kappa shape index (κ2) is 7.00. The summed E-state index contributed by atoms with van der Waals surface area (Å²) in [7, 11) is 0. The summed E-state index contributed by atoms with van der Waals surface area (Å²) in [6.07, 6.45) is 10.7. The monoisotopic (exact) mass is 297 g/mol. The van der Waals surface area contributed by atoms with E-state index in [1.165, 1.54) is 38.5 Å². The van der Waals surface area contributed by atoms with Crippen LogP contribution in [0.25, 0.3) is 0 Å². The van der Waals surface area contributed by atoms with E-state index in [0.29, 0.717) is 5.82 Å². The predicted octanol–water partition coefficient (Wildman–Crippen LogP) is 1.77. The van der Waals surface area contributed by atoms with Crippen LogP contribution in [0.3, 0.4) is 0 Å². The number of likely N-dealkylation sites (tertiary alicyclic amines) is 1. The number of hydrogen-bond donors (Lipinski definition) is 1. The maximum atomic E-state index is 9.01. The molecule has 2 aromatic rings. The lowest BCUT2D eigenvalue weighted by Gasteiger charge is -2.26. The highest BCUT2D eigenvalue weighted by Gasteiger charge is 2.10. The molecule has 2 aromatic heterocycles. The van der Waals surface area contributed by atoms with Crippen molar-refractivity contribution in [1.29, 1.82) is 5.26 Å². The minimum Gasteiger partial charge on any atom is -0.335 e. The molecule has 1 fully saturated rings. The van der Waals surface area contributed by atoms with Crippen molar-refractivity contribution < 1.29 is 0 Å². The van der Waals surface area contributed by atoms with Crippen molar-refractivity contribution in [3.63, 3.8) is 0 Å². The Balaban J connectivity index is 1.58. The molecular weight excluding hydrogens is 278 g/mol. The first-order valence-corrected chi connectivity index (χ1v) is 7.58. The maximum absolute atomic E-state index is 9.01. The number of aromatic nitrogens is 4. The molecule has 7 heteroatoms.